The summed E-state index contributed by atoms with van der Waals surface area (Å²) in [5, 5.41) is 0.0377. The largest absolute Gasteiger partial charge is 0.465 e. The first-order chi connectivity index (χ1) is 11.6. The van der Waals surface area contributed by atoms with E-state index < -0.39 is 21.5 Å². The molecule has 2 rings (SSSR count). The summed E-state index contributed by atoms with van der Waals surface area (Å²) < 4.78 is 32.8. The predicted octanol–water partition coefficient (Wildman–Crippen LogP) is 3.43. The highest BCUT2D eigenvalue weighted by Gasteiger charge is 2.28. The van der Waals surface area contributed by atoms with Gasteiger partial charge in [-0.25, -0.2) is 17.9 Å². The molecule has 0 atom stereocenters. The fourth-order valence-electron chi connectivity index (χ4n) is 2.52. The molecule has 2 aromatic rings. The number of methoxy groups -OCH3 is 1. The Kier molecular flexibility index (Phi) is 5.87. The number of rotatable bonds is 6. The molecule has 5 nitrogen and oxygen atoms in total. The van der Waals surface area contributed by atoms with Crippen LogP contribution < -0.4 is 4.72 Å². The molecule has 0 aliphatic rings. The van der Waals surface area contributed by atoms with Crippen LogP contribution in [-0.2, 0) is 21.2 Å². The van der Waals surface area contributed by atoms with Crippen LogP contribution >= 0.6 is 11.6 Å². The van der Waals surface area contributed by atoms with Gasteiger partial charge in [0.15, 0.2) is 0 Å². The highest BCUT2D eigenvalue weighted by molar-refractivity contribution is 7.89. The molecule has 134 valence electrons. The Morgan fingerprint density at radius 3 is 2.40 bits per heavy atom. The minimum atomic E-state index is -3.92. The molecule has 0 heterocycles. The summed E-state index contributed by atoms with van der Waals surface area (Å²) in [6.45, 7) is 3.57. The van der Waals surface area contributed by atoms with E-state index in [2.05, 4.69) is 9.46 Å². The lowest BCUT2D eigenvalue weighted by atomic mass is 9.96. The number of hydrogen-bond donors (Lipinski definition) is 1. The molecule has 25 heavy (non-hydrogen) atoms. The van der Waals surface area contributed by atoms with Crippen molar-refractivity contribution in [2.45, 2.75) is 30.7 Å². The van der Waals surface area contributed by atoms with Gasteiger partial charge in [-0.3, -0.25) is 0 Å². The van der Waals surface area contributed by atoms with E-state index in [1.54, 1.807) is 13.8 Å². The van der Waals surface area contributed by atoms with E-state index in [9.17, 15) is 13.2 Å². The number of halogens is 1. The lowest BCUT2D eigenvalue weighted by Crippen LogP contribution is -2.45. The zero-order chi connectivity index (χ0) is 18.7. The lowest BCUT2D eigenvalue weighted by Gasteiger charge is -2.26. The SMILES string of the molecule is COC(=O)c1ccc(Cl)c(S(=O)(=O)NC(C)(C)Cc2ccccc2)c1. The third-order valence-electron chi connectivity index (χ3n) is 3.54. The number of ether oxygens (including phenoxy) is 1. The molecule has 0 saturated heterocycles. The molecular formula is C18H20ClNO4S. The van der Waals surface area contributed by atoms with Crippen LogP contribution in [0.4, 0.5) is 0 Å². The maximum absolute atomic E-state index is 12.8. The highest BCUT2D eigenvalue weighted by atomic mass is 35.5. The van der Waals surface area contributed by atoms with Crippen LogP contribution in [0, 0.1) is 0 Å². The van der Waals surface area contributed by atoms with Gasteiger partial charge in [0.2, 0.25) is 10.0 Å². The molecule has 0 aliphatic heterocycles. The fourth-order valence-corrected chi connectivity index (χ4v) is 4.45. The smallest absolute Gasteiger partial charge is 0.337 e. The van der Waals surface area contributed by atoms with Crippen LogP contribution in [0.3, 0.4) is 0 Å². The number of benzene rings is 2. The summed E-state index contributed by atoms with van der Waals surface area (Å²) in [4.78, 5) is 11.5. The predicted molar refractivity (Wildman–Crippen MR) is 97.3 cm³/mol. The van der Waals surface area contributed by atoms with E-state index in [4.69, 9.17) is 11.6 Å². The fraction of sp³-hybridized carbons (Fsp3) is 0.278. The second-order valence-electron chi connectivity index (χ2n) is 6.29. The Balaban J connectivity index is 2.30. The number of hydrogen-bond acceptors (Lipinski definition) is 4. The molecule has 0 fully saturated rings. The zero-order valence-electron chi connectivity index (χ0n) is 14.2. The second-order valence-corrected chi connectivity index (χ2v) is 8.35. The van der Waals surface area contributed by atoms with Crippen molar-refractivity contribution in [2.75, 3.05) is 7.11 Å². The van der Waals surface area contributed by atoms with Crippen molar-refractivity contribution in [3.05, 3.63) is 64.7 Å². The maximum atomic E-state index is 12.8. The van der Waals surface area contributed by atoms with E-state index in [-0.39, 0.29) is 15.5 Å². The Morgan fingerprint density at radius 1 is 1.16 bits per heavy atom. The minimum absolute atomic E-state index is 0.0377. The Hall–Kier alpha value is -1.89. The molecule has 0 bridgehead atoms. The van der Waals surface area contributed by atoms with Crippen molar-refractivity contribution in [2.24, 2.45) is 0 Å². The van der Waals surface area contributed by atoms with Gasteiger partial charge < -0.3 is 4.74 Å². The van der Waals surface area contributed by atoms with Crippen LogP contribution in [0.1, 0.15) is 29.8 Å². The van der Waals surface area contributed by atoms with Gasteiger partial charge in [-0.05, 0) is 44.0 Å². The summed E-state index contributed by atoms with van der Waals surface area (Å²) >= 11 is 6.05. The molecule has 2 aromatic carbocycles. The molecular weight excluding hydrogens is 362 g/mol. The summed E-state index contributed by atoms with van der Waals surface area (Å²) in [5.74, 6) is -0.628. The van der Waals surface area contributed by atoms with Crippen molar-refractivity contribution >= 4 is 27.6 Å². The van der Waals surface area contributed by atoms with Crippen molar-refractivity contribution < 1.29 is 17.9 Å². The van der Waals surface area contributed by atoms with E-state index in [0.29, 0.717) is 6.42 Å². The van der Waals surface area contributed by atoms with Crippen LogP contribution in [0.5, 0.6) is 0 Å². The third kappa shape index (κ3) is 5.04. The van der Waals surface area contributed by atoms with Gasteiger partial charge in [0.1, 0.15) is 4.90 Å². The first-order valence-corrected chi connectivity index (χ1v) is 9.46. The van der Waals surface area contributed by atoms with Crippen LogP contribution in [0.15, 0.2) is 53.4 Å². The Bertz CT molecular complexity index is 864. The number of carbonyl (C=O) groups is 1. The van der Waals surface area contributed by atoms with Gasteiger partial charge in [0, 0.05) is 5.54 Å². The molecule has 0 spiro atoms. The van der Waals surface area contributed by atoms with Crippen LogP contribution in [-0.4, -0.2) is 27.0 Å². The molecule has 1 N–H and O–H groups in total. The van der Waals surface area contributed by atoms with Gasteiger partial charge in [-0.15, -0.1) is 0 Å². The standard InChI is InChI=1S/C18H20ClNO4S/c1-18(2,12-13-7-5-4-6-8-13)20-25(22,23)16-11-14(17(21)24-3)9-10-15(16)19/h4-11,20H,12H2,1-3H3. The van der Waals surface area contributed by atoms with Crippen LogP contribution in [0.2, 0.25) is 5.02 Å². The molecule has 0 saturated carbocycles. The van der Waals surface area contributed by atoms with Gasteiger partial charge in [0.05, 0.1) is 17.7 Å². The lowest BCUT2D eigenvalue weighted by molar-refractivity contribution is 0.0600. The Labute approximate surface area is 153 Å². The molecule has 0 aliphatic carbocycles. The summed E-state index contributed by atoms with van der Waals surface area (Å²) in [5.41, 5.74) is 0.378. The minimum Gasteiger partial charge on any atom is -0.465 e. The van der Waals surface area contributed by atoms with E-state index in [1.807, 2.05) is 30.3 Å². The zero-order valence-corrected chi connectivity index (χ0v) is 15.8. The van der Waals surface area contributed by atoms with Crippen LogP contribution in [0.25, 0.3) is 0 Å². The molecule has 0 unspecified atom stereocenters. The molecule has 0 amide bonds. The summed E-state index contributed by atoms with van der Waals surface area (Å²) in [7, 11) is -2.69. The van der Waals surface area contributed by atoms with Crippen molar-refractivity contribution in [3.8, 4) is 0 Å². The van der Waals surface area contributed by atoms with E-state index in [1.165, 1.54) is 25.3 Å². The maximum Gasteiger partial charge on any atom is 0.337 e. The molecule has 0 radical (unpaired) electrons. The summed E-state index contributed by atoms with van der Waals surface area (Å²) in [6.07, 6.45) is 0.501. The quantitative estimate of drug-likeness (QED) is 0.778. The molecule has 0 aromatic heterocycles. The number of sulfonamides is 1. The molecule has 7 heteroatoms. The highest BCUT2D eigenvalue weighted by Crippen LogP contribution is 2.25. The van der Waals surface area contributed by atoms with Crippen molar-refractivity contribution in [1.29, 1.82) is 0 Å². The average Bonchev–Trinajstić information content (AvgIpc) is 2.53. The topological polar surface area (TPSA) is 72.5 Å². The van der Waals surface area contributed by atoms with Gasteiger partial charge in [-0.1, -0.05) is 41.9 Å². The van der Waals surface area contributed by atoms with Gasteiger partial charge >= 0.3 is 5.97 Å². The van der Waals surface area contributed by atoms with E-state index >= 15 is 0 Å². The van der Waals surface area contributed by atoms with Gasteiger partial charge in [-0.2, -0.15) is 0 Å². The summed E-state index contributed by atoms with van der Waals surface area (Å²) in [6, 6.07) is 13.6. The second kappa shape index (κ2) is 7.56. The van der Waals surface area contributed by atoms with E-state index in [0.717, 1.165) is 5.56 Å². The normalized spacial score (nSPS) is 12.0. The number of nitrogens with one attached hydrogen (secondary N) is 1. The average molecular weight is 382 g/mol. The third-order valence-corrected chi connectivity index (χ3v) is 5.72. The Morgan fingerprint density at radius 2 is 1.80 bits per heavy atom. The number of esters is 1. The number of carbonyl (C=O) groups excluding carboxylic acids is 1. The first kappa shape index (κ1) is 19.4. The van der Waals surface area contributed by atoms with Crippen molar-refractivity contribution in [1.82, 2.24) is 4.72 Å². The monoisotopic (exact) mass is 381 g/mol. The van der Waals surface area contributed by atoms with Gasteiger partial charge in [0.25, 0.3) is 0 Å². The first-order valence-electron chi connectivity index (χ1n) is 7.60. The van der Waals surface area contributed by atoms with Crippen molar-refractivity contribution in [3.63, 3.8) is 0 Å².